The first-order chi connectivity index (χ1) is 18.5. The number of rotatable bonds is 10. The zero-order chi connectivity index (χ0) is 26.9. The van der Waals surface area contributed by atoms with Crippen LogP contribution >= 0.6 is 11.6 Å². The second-order valence-electron chi connectivity index (χ2n) is 8.91. The molecule has 38 heavy (non-hydrogen) atoms. The van der Waals surface area contributed by atoms with Gasteiger partial charge in [-0.25, -0.2) is 0 Å². The number of para-hydroxylation sites is 2. The number of ether oxygens (including phenoxy) is 2. The van der Waals surface area contributed by atoms with E-state index in [0.717, 1.165) is 43.3 Å². The van der Waals surface area contributed by atoms with E-state index in [1.54, 1.807) is 44.6 Å². The summed E-state index contributed by atoms with van der Waals surface area (Å²) in [5.41, 5.74) is 3.28. The third-order valence-electron chi connectivity index (χ3n) is 6.47. The lowest BCUT2D eigenvalue weighted by atomic mass is 10.1. The molecule has 4 rings (SSSR count). The lowest BCUT2D eigenvalue weighted by molar-refractivity contribution is 0.0947. The van der Waals surface area contributed by atoms with Gasteiger partial charge in [-0.15, -0.1) is 0 Å². The number of halogens is 1. The van der Waals surface area contributed by atoms with Crippen LogP contribution < -0.4 is 25.2 Å². The number of nitrogens with one attached hydrogen (secondary N) is 2. The molecule has 200 valence electrons. The van der Waals surface area contributed by atoms with Gasteiger partial charge >= 0.3 is 0 Å². The lowest BCUT2D eigenvalue weighted by Gasteiger charge is -2.38. The van der Waals surface area contributed by atoms with E-state index in [4.69, 9.17) is 21.1 Å². The number of piperazine rings is 1. The van der Waals surface area contributed by atoms with Gasteiger partial charge in [-0.2, -0.15) is 0 Å². The Morgan fingerprint density at radius 2 is 1.53 bits per heavy atom. The van der Waals surface area contributed by atoms with Crippen molar-refractivity contribution in [3.8, 4) is 5.75 Å². The molecule has 0 spiro atoms. The first-order valence-electron chi connectivity index (χ1n) is 12.6. The minimum Gasteiger partial charge on any atom is -0.495 e. The Labute approximate surface area is 228 Å². The van der Waals surface area contributed by atoms with Crippen molar-refractivity contribution < 1.29 is 19.1 Å². The smallest absolute Gasteiger partial charge is 0.257 e. The average molecular weight is 537 g/mol. The van der Waals surface area contributed by atoms with Crippen LogP contribution in [0.4, 0.5) is 17.1 Å². The fraction of sp³-hybridized carbons (Fsp3) is 0.310. The van der Waals surface area contributed by atoms with Crippen molar-refractivity contribution in [1.29, 1.82) is 0 Å². The van der Waals surface area contributed by atoms with Gasteiger partial charge in [0.2, 0.25) is 0 Å². The molecule has 0 atom stereocenters. The zero-order valence-corrected chi connectivity index (χ0v) is 22.5. The van der Waals surface area contributed by atoms with Crippen molar-refractivity contribution in [3.05, 3.63) is 82.9 Å². The second kappa shape index (κ2) is 13.2. The quantitative estimate of drug-likeness (QED) is 0.366. The first-order valence-corrected chi connectivity index (χ1v) is 13.0. The van der Waals surface area contributed by atoms with E-state index in [-0.39, 0.29) is 11.8 Å². The highest BCUT2D eigenvalue weighted by atomic mass is 35.5. The minimum absolute atomic E-state index is 0.197. The molecule has 1 fully saturated rings. The molecule has 8 nitrogen and oxygen atoms in total. The fourth-order valence-corrected chi connectivity index (χ4v) is 4.73. The standard InChI is InChI=1S/C29H33ClN4O4/c1-37-19-7-14-31-28(35)23-20-21(32-29(36)22-8-3-4-9-24(22)30)12-13-25(23)33-15-17-34(18-16-33)26-10-5-6-11-27(26)38-2/h3-6,8-13,20H,7,14-19H2,1-2H3,(H,31,35)(H,32,36). The topological polar surface area (TPSA) is 83.1 Å². The number of hydrogen-bond donors (Lipinski definition) is 2. The van der Waals surface area contributed by atoms with Crippen LogP contribution in [0.1, 0.15) is 27.1 Å². The molecular formula is C29H33ClN4O4. The summed E-state index contributed by atoms with van der Waals surface area (Å²) < 4.78 is 10.6. The van der Waals surface area contributed by atoms with Gasteiger partial charge < -0.3 is 29.9 Å². The van der Waals surface area contributed by atoms with E-state index >= 15 is 0 Å². The fourth-order valence-electron chi connectivity index (χ4n) is 4.51. The molecule has 0 radical (unpaired) electrons. The summed E-state index contributed by atoms with van der Waals surface area (Å²) in [6, 6.07) is 20.3. The molecule has 3 aromatic carbocycles. The predicted octanol–water partition coefficient (Wildman–Crippen LogP) is 4.69. The molecule has 1 heterocycles. The van der Waals surface area contributed by atoms with E-state index in [9.17, 15) is 9.59 Å². The highest BCUT2D eigenvalue weighted by molar-refractivity contribution is 6.34. The van der Waals surface area contributed by atoms with Crippen LogP contribution in [0.2, 0.25) is 5.02 Å². The number of methoxy groups -OCH3 is 2. The van der Waals surface area contributed by atoms with Crippen molar-refractivity contribution in [2.45, 2.75) is 6.42 Å². The van der Waals surface area contributed by atoms with Crippen LogP contribution in [0.5, 0.6) is 5.75 Å². The molecule has 2 N–H and O–H groups in total. The molecular weight excluding hydrogens is 504 g/mol. The summed E-state index contributed by atoms with van der Waals surface area (Å²) in [5.74, 6) is 0.313. The average Bonchev–Trinajstić information content (AvgIpc) is 2.95. The van der Waals surface area contributed by atoms with Crippen molar-refractivity contribution in [2.75, 3.05) is 68.7 Å². The Morgan fingerprint density at radius 1 is 0.842 bits per heavy atom. The van der Waals surface area contributed by atoms with Gasteiger partial charge in [-0.3, -0.25) is 9.59 Å². The summed E-state index contributed by atoms with van der Waals surface area (Å²) in [5, 5.41) is 6.22. The number of nitrogens with zero attached hydrogens (tertiary/aromatic N) is 2. The van der Waals surface area contributed by atoms with Crippen molar-refractivity contribution >= 4 is 40.5 Å². The molecule has 0 unspecified atom stereocenters. The highest BCUT2D eigenvalue weighted by Crippen LogP contribution is 2.31. The molecule has 0 aromatic heterocycles. The van der Waals surface area contributed by atoms with Crippen LogP contribution in [0, 0.1) is 0 Å². The van der Waals surface area contributed by atoms with Crippen LogP contribution in [0.15, 0.2) is 66.7 Å². The molecule has 1 saturated heterocycles. The highest BCUT2D eigenvalue weighted by Gasteiger charge is 2.24. The number of amides is 2. The maximum Gasteiger partial charge on any atom is 0.257 e. The Morgan fingerprint density at radius 3 is 2.24 bits per heavy atom. The molecule has 1 aliphatic heterocycles. The van der Waals surface area contributed by atoms with Crippen LogP contribution in [0.25, 0.3) is 0 Å². The van der Waals surface area contributed by atoms with Gasteiger partial charge in [0.15, 0.2) is 0 Å². The summed E-state index contributed by atoms with van der Waals surface area (Å²) in [6.07, 6.45) is 0.706. The van der Waals surface area contributed by atoms with Crippen LogP contribution in [-0.2, 0) is 4.74 Å². The van der Waals surface area contributed by atoms with Gasteiger partial charge in [0.1, 0.15) is 5.75 Å². The van der Waals surface area contributed by atoms with Gasteiger partial charge in [0, 0.05) is 57.8 Å². The minimum atomic E-state index is -0.333. The summed E-state index contributed by atoms with van der Waals surface area (Å²) in [4.78, 5) is 30.6. The number of hydrogen-bond acceptors (Lipinski definition) is 6. The van der Waals surface area contributed by atoms with Crippen LogP contribution in [-0.4, -0.2) is 65.4 Å². The molecule has 0 bridgehead atoms. The van der Waals surface area contributed by atoms with Gasteiger partial charge in [0.25, 0.3) is 11.8 Å². The van der Waals surface area contributed by atoms with Gasteiger partial charge in [0.05, 0.1) is 28.9 Å². The monoisotopic (exact) mass is 536 g/mol. The number of carbonyl (C=O) groups is 2. The van der Waals surface area contributed by atoms with E-state index < -0.39 is 0 Å². The Kier molecular flexibility index (Phi) is 9.46. The van der Waals surface area contributed by atoms with E-state index in [0.29, 0.717) is 41.4 Å². The van der Waals surface area contributed by atoms with Gasteiger partial charge in [-0.05, 0) is 48.9 Å². The number of anilines is 3. The Balaban J connectivity index is 1.53. The SMILES string of the molecule is COCCCNC(=O)c1cc(NC(=O)c2ccccc2Cl)ccc1N1CCN(c2ccccc2OC)CC1. The number of benzene rings is 3. The molecule has 0 aliphatic carbocycles. The second-order valence-corrected chi connectivity index (χ2v) is 9.32. The summed E-state index contributed by atoms with van der Waals surface area (Å²) >= 11 is 6.20. The summed E-state index contributed by atoms with van der Waals surface area (Å²) in [7, 11) is 3.31. The molecule has 1 aliphatic rings. The number of carbonyl (C=O) groups excluding carboxylic acids is 2. The predicted molar refractivity (Wildman–Crippen MR) is 152 cm³/mol. The maximum atomic E-state index is 13.3. The molecule has 9 heteroatoms. The van der Waals surface area contributed by atoms with Crippen molar-refractivity contribution in [3.63, 3.8) is 0 Å². The zero-order valence-electron chi connectivity index (χ0n) is 21.7. The van der Waals surface area contributed by atoms with Crippen LogP contribution in [0.3, 0.4) is 0 Å². The van der Waals surface area contributed by atoms with E-state index in [1.807, 2.05) is 30.3 Å². The largest absolute Gasteiger partial charge is 0.495 e. The Hall–Kier alpha value is -3.75. The first kappa shape index (κ1) is 27.3. The third-order valence-corrected chi connectivity index (χ3v) is 6.80. The lowest BCUT2D eigenvalue weighted by Crippen LogP contribution is -2.47. The summed E-state index contributed by atoms with van der Waals surface area (Å²) in [6.45, 7) is 4.07. The van der Waals surface area contributed by atoms with Crippen molar-refractivity contribution in [1.82, 2.24) is 5.32 Å². The van der Waals surface area contributed by atoms with Crippen molar-refractivity contribution in [2.24, 2.45) is 0 Å². The van der Waals surface area contributed by atoms with E-state index in [1.165, 1.54) is 0 Å². The molecule has 2 amide bonds. The Bertz CT molecular complexity index is 1260. The maximum absolute atomic E-state index is 13.3. The molecule has 3 aromatic rings. The van der Waals surface area contributed by atoms with E-state index in [2.05, 4.69) is 26.5 Å². The normalized spacial score (nSPS) is 13.2. The van der Waals surface area contributed by atoms with Gasteiger partial charge in [-0.1, -0.05) is 35.9 Å². The molecule has 0 saturated carbocycles. The third kappa shape index (κ3) is 6.57.